The summed E-state index contributed by atoms with van der Waals surface area (Å²) in [6.45, 7) is 5.37. The van der Waals surface area contributed by atoms with Gasteiger partial charge in [-0.1, -0.05) is 34.1 Å². The highest BCUT2D eigenvalue weighted by atomic mass is 79.9. The number of aryl methyl sites for hydroxylation is 2. The summed E-state index contributed by atoms with van der Waals surface area (Å²) in [5.41, 5.74) is 2.03. The lowest BCUT2D eigenvalue weighted by molar-refractivity contribution is -0.129. The molecular weight excluding hydrogens is 460 g/mol. The van der Waals surface area contributed by atoms with Crippen molar-refractivity contribution in [3.8, 4) is 0 Å². The molecule has 0 aromatic heterocycles. The van der Waals surface area contributed by atoms with Gasteiger partial charge in [0.1, 0.15) is 0 Å². The van der Waals surface area contributed by atoms with Gasteiger partial charge < -0.3 is 4.90 Å². The lowest BCUT2D eigenvalue weighted by Gasteiger charge is -2.34. The van der Waals surface area contributed by atoms with E-state index in [4.69, 9.17) is 0 Å². The fraction of sp³-hybridized carbons (Fsp3) is 0.350. The molecule has 1 fully saturated rings. The summed E-state index contributed by atoms with van der Waals surface area (Å²) in [6.07, 6.45) is 0. The maximum absolute atomic E-state index is 12.9. The number of benzene rings is 2. The first kappa shape index (κ1) is 21.4. The third-order valence-corrected chi connectivity index (χ3v) is 8.75. The molecule has 28 heavy (non-hydrogen) atoms. The van der Waals surface area contributed by atoms with Gasteiger partial charge in [-0.3, -0.25) is 4.79 Å². The molecule has 1 aliphatic rings. The highest BCUT2D eigenvalue weighted by Crippen LogP contribution is 2.25. The van der Waals surface area contributed by atoms with Gasteiger partial charge in [0.15, 0.2) is 0 Å². The molecule has 2 aromatic rings. The molecule has 0 N–H and O–H groups in total. The number of hydrogen-bond acceptors (Lipinski definition) is 4. The summed E-state index contributed by atoms with van der Waals surface area (Å²) in [6, 6.07) is 13.0. The third-order valence-electron chi connectivity index (χ3n) is 4.80. The van der Waals surface area contributed by atoms with Gasteiger partial charge in [-0.2, -0.15) is 4.31 Å². The van der Waals surface area contributed by atoms with E-state index in [1.165, 1.54) is 16.1 Å². The highest BCUT2D eigenvalue weighted by Gasteiger charge is 2.30. The van der Waals surface area contributed by atoms with Gasteiger partial charge in [0.25, 0.3) is 0 Å². The van der Waals surface area contributed by atoms with Crippen molar-refractivity contribution in [3.05, 3.63) is 58.1 Å². The molecule has 0 unspecified atom stereocenters. The molecule has 1 amide bonds. The van der Waals surface area contributed by atoms with Gasteiger partial charge in [-0.05, 0) is 49.2 Å². The molecule has 1 aliphatic heterocycles. The molecule has 1 saturated heterocycles. The number of amides is 1. The Labute approximate surface area is 179 Å². The maximum atomic E-state index is 12.9. The van der Waals surface area contributed by atoms with E-state index in [1.807, 2.05) is 38.1 Å². The number of nitrogens with zero attached hydrogens (tertiary/aromatic N) is 2. The zero-order chi connectivity index (χ0) is 20.3. The lowest BCUT2D eigenvalue weighted by Crippen LogP contribution is -2.50. The highest BCUT2D eigenvalue weighted by molar-refractivity contribution is 9.10. The summed E-state index contributed by atoms with van der Waals surface area (Å²) in [5.74, 6) is 0.411. The monoisotopic (exact) mass is 482 g/mol. The average molecular weight is 483 g/mol. The third kappa shape index (κ3) is 4.79. The minimum Gasteiger partial charge on any atom is -0.339 e. The maximum Gasteiger partial charge on any atom is 0.243 e. The molecule has 150 valence electrons. The molecule has 0 bridgehead atoms. The summed E-state index contributed by atoms with van der Waals surface area (Å²) >= 11 is 4.92. The molecule has 2 aromatic carbocycles. The number of piperazine rings is 1. The van der Waals surface area contributed by atoms with Crippen LogP contribution in [0.5, 0.6) is 0 Å². The summed E-state index contributed by atoms with van der Waals surface area (Å²) in [4.78, 5) is 15.7. The fourth-order valence-corrected chi connectivity index (χ4v) is 5.74. The number of carbonyl (C=O) groups excluding carboxylic acids is 1. The molecule has 0 spiro atoms. The second kappa shape index (κ2) is 8.98. The van der Waals surface area contributed by atoms with Crippen molar-refractivity contribution >= 4 is 43.6 Å². The van der Waals surface area contributed by atoms with Crippen LogP contribution in [-0.2, 0) is 14.8 Å². The van der Waals surface area contributed by atoms with Gasteiger partial charge in [-0.25, -0.2) is 8.42 Å². The second-order valence-electron chi connectivity index (χ2n) is 6.75. The van der Waals surface area contributed by atoms with Crippen molar-refractivity contribution in [1.29, 1.82) is 0 Å². The molecule has 8 heteroatoms. The van der Waals surface area contributed by atoms with Crippen molar-refractivity contribution in [2.24, 2.45) is 0 Å². The van der Waals surface area contributed by atoms with Crippen LogP contribution in [0.25, 0.3) is 0 Å². The van der Waals surface area contributed by atoms with Crippen molar-refractivity contribution < 1.29 is 13.2 Å². The Hall–Kier alpha value is -1.35. The van der Waals surface area contributed by atoms with Crippen molar-refractivity contribution in [2.75, 3.05) is 31.9 Å². The second-order valence-corrected chi connectivity index (χ2v) is 10.6. The summed E-state index contributed by atoms with van der Waals surface area (Å²) < 4.78 is 28.1. The largest absolute Gasteiger partial charge is 0.339 e. The van der Waals surface area contributed by atoms with E-state index >= 15 is 0 Å². The molecule has 0 radical (unpaired) electrons. The van der Waals surface area contributed by atoms with Crippen LogP contribution in [0.4, 0.5) is 0 Å². The van der Waals surface area contributed by atoms with E-state index in [0.29, 0.717) is 36.8 Å². The van der Waals surface area contributed by atoms with Crippen LogP contribution < -0.4 is 0 Å². The number of thioether (sulfide) groups is 1. The Bertz CT molecular complexity index is 971. The Balaban J connectivity index is 1.58. The van der Waals surface area contributed by atoms with Gasteiger partial charge in [0.05, 0.1) is 10.6 Å². The van der Waals surface area contributed by atoms with E-state index in [9.17, 15) is 13.2 Å². The minimum absolute atomic E-state index is 0.0461. The van der Waals surface area contributed by atoms with Gasteiger partial charge in [-0.15, -0.1) is 11.8 Å². The van der Waals surface area contributed by atoms with Crippen LogP contribution in [-0.4, -0.2) is 55.5 Å². The van der Waals surface area contributed by atoms with Crippen LogP contribution in [0, 0.1) is 13.8 Å². The molecular formula is C20H23BrN2O3S2. The Morgan fingerprint density at radius 3 is 2.36 bits per heavy atom. The molecule has 0 atom stereocenters. The standard InChI is InChI=1S/C20H23BrN2O3S2/c1-15-5-3-4-6-19(15)27-14-20(24)22-9-11-23(12-10-22)28(25,26)17-7-8-18(21)16(2)13-17/h3-8,13H,9-12,14H2,1-2H3. The SMILES string of the molecule is Cc1cc(S(=O)(=O)N2CCN(C(=O)CSc3ccccc3C)CC2)ccc1Br. The Morgan fingerprint density at radius 2 is 1.71 bits per heavy atom. The number of hydrogen-bond donors (Lipinski definition) is 0. The Kier molecular flexibility index (Phi) is 6.85. The number of sulfonamides is 1. The number of halogens is 1. The van der Waals surface area contributed by atoms with Crippen molar-refractivity contribution in [2.45, 2.75) is 23.6 Å². The summed E-state index contributed by atoms with van der Waals surface area (Å²) in [7, 11) is -3.54. The first-order valence-corrected chi connectivity index (χ1v) is 12.2. The molecule has 1 heterocycles. The van der Waals surface area contributed by atoms with Gasteiger partial charge in [0, 0.05) is 35.5 Å². The van der Waals surface area contributed by atoms with Crippen LogP contribution in [0.1, 0.15) is 11.1 Å². The zero-order valence-corrected chi connectivity index (χ0v) is 19.1. The Morgan fingerprint density at radius 1 is 1.04 bits per heavy atom. The van der Waals surface area contributed by atoms with Crippen LogP contribution >= 0.6 is 27.7 Å². The molecule has 0 aliphatic carbocycles. The van der Waals surface area contributed by atoms with Crippen LogP contribution in [0.3, 0.4) is 0 Å². The van der Waals surface area contributed by atoms with Crippen LogP contribution in [0.15, 0.2) is 56.7 Å². The first-order valence-electron chi connectivity index (χ1n) is 9.01. The number of carbonyl (C=O) groups is 1. The number of rotatable bonds is 5. The quantitative estimate of drug-likeness (QED) is 0.609. The van der Waals surface area contributed by atoms with Crippen LogP contribution in [0.2, 0.25) is 0 Å². The van der Waals surface area contributed by atoms with Gasteiger partial charge >= 0.3 is 0 Å². The smallest absolute Gasteiger partial charge is 0.243 e. The van der Waals surface area contributed by atoms with Crippen molar-refractivity contribution in [1.82, 2.24) is 9.21 Å². The van der Waals surface area contributed by atoms with Gasteiger partial charge in [0.2, 0.25) is 15.9 Å². The predicted octanol–water partition coefficient (Wildman–Crippen LogP) is 3.69. The average Bonchev–Trinajstić information content (AvgIpc) is 2.69. The zero-order valence-electron chi connectivity index (χ0n) is 15.9. The normalized spacial score (nSPS) is 15.6. The van der Waals surface area contributed by atoms with E-state index in [1.54, 1.807) is 23.1 Å². The predicted molar refractivity (Wildman–Crippen MR) is 116 cm³/mol. The van der Waals surface area contributed by atoms with E-state index in [2.05, 4.69) is 15.9 Å². The summed E-state index contributed by atoms with van der Waals surface area (Å²) in [5, 5.41) is 0. The van der Waals surface area contributed by atoms with E-state index in [-0.39, 0.29) is 5.91 Å². The molecule has 3 rings (SSSR count). The fourth-order valence-electron chi connectivity index (χ4n) is 3.05. The lowest BCUT2D eigenvalue weighted by atomic mass is 10.2. The van der Waals surface area contributed by atoms with E-state index in [0.717, 1.165) is 20.5 Å². The molecule has 5 nitrogen and oxygen atoms in total. The minimum atomic E-state index is -3.54. The van der Waals surface area contributed by atoms with E-state index < -0.39 is 10.0 Å². The topological polar surface area (TPSA) is 57.7 Å². The first-order chi connectivity index (χ1) is 13.3. The van der Waals surface area contributed by atoms with Crippen molar-refractivity contribution in [3.63, 3.8) is 0 Å². The molecule has 0 saturated carbocycles.